The first-order valence-electron chi connectivity index (χ1n) is 14.5. The summed E-state index contributed by atoms with van der Waals surface area (Å²) in [6, 6.07) is 0. The summed E-state index contributed by atoms with van der Waals surface area (Å²) in [7, 11) is 0. The van der Waals surface area contributed by atoms with Gasteiger partial charge in [0, 0.05) is 6.61 Å². The van der Waals surface area contributed by atoms with Gasteiger partial charge in [0.15, 0.2) is 0 Å². The van der Waals surface area contributed by atoms with Crippen molar-refractivity contribution in [2.45, 2.75) is 174 Å². The second-order valence-corrected chi connectivity index (χ2v) is 10.0. The van der Waals surface area contributed by atoms with Crippen LogP contribution in [0.25, 0.3) is 0 Å². The zero-order chi connectivity index (χ0) is 22.0. The van der Waals surface area contributed by atoms with Gasteiger partial charge in [0.1, 0.15) is 0 Å². The summed E-state index contributed by atoms with van der Waals surface area (Å²) < 4.78 is 0. The lowest BCUT2D eigenvalue weighted by Gasteiger charge is -2.15. The van der Waals surface area contributed by atoms with Crippen molar-refractivity contribution < 1.29 is 5.11 Å². The summed E-state index contributed by atoms with van der Waals surface area (Å²) >= 11 is 0. The molecule has 0 atom stereocenters. The average molecular weight is 425 g/mol. The summed E-state index contributed by atoms with van der Waals surface area (Å²) in [5, 5.41) is 9.39. The Balaban J connectivity index is 3.40. The minimum absolute atomic E-state index is 0.390. The highest BCUT2D eigenvalue weighted by molar-refractivity contribution is 4.61. The molecule has 0 aromatic heterocycles. The number of aliphatic hydroxyl groups excluding tert-OH is 1. The van der Waals surface area contributed by atoms with Crippen molar-refractivity contribution in [2.75, 3.05) is 6.61 Å². The quantitative estimate of drug-likeness (QED) is 0.137. The van der Waals surface area contributed by atoms with Crippen molar-refractivity contribution in [3.63, 3.8) is 0 Å². The van der Waals surface area contributed by atoms with E-state index in [1.54, 1.807) is 0 Å². The van der Waals surface area contributed by atoms with E-state index in [2.05, 4.69) is 13.8 Å². The Labute approximate surface area is 192 Å². The topological polar surface area (TPSA) is 20.2 Å². The Morgan fingerprint density at radius 3 is 0.900 bits per heavy atom. The fraction of sp³-hybridized carbons (Fsp3) is 1.00. The molecule has 0 aromatic rings. The van der Waals surface area contributed by atoms with E-state index in [9.17, 15) is 5.11 Å². The van der Waals surface area contributed by atoms with Crippen molar-refractivity contribution >= 4 is 0 Å². The third-order valence-electron chi connectivity index (χ3n) is 6.97. The van der Waals surface area contributed by atoms with Gasteiger partial charge < -0.3 is 5.11 Å². The molecule has 182 valence electrons. The minimum atomic E-state index is 0.390. The van der Waals surface area contributed by atoms with Crippen LogP contribution in [0, 0.1) is 5.92 Å². The molecule has 0 aliphatic heterocycles. The second kappa shape index (κ2) is 27.0. The molecule has 0 aromatic carbocycles. The van der Waals surface area contributed by atoms with Gasteiger partial charge in [-0.15, -0.1) is 0 Å². The van der Waals surface area contributed by atoms with Crippen LogP contribution in [0.1, 0.15) is 174 Å². The molecule has 0 aliphatic carbocycles. The van der Waals surface area contributed by atoms with Crippen LogP contribution >= 0.6 is 0 Å². The van der Waals surface area contributed by atoms with Crippen LogP contribution in [0.15, 0.2) is 0 Å². The predicted molar refractivity (Wildman–Crippen MR) is 137 cm³/mol. The van der Waals surface area contributed by atoms with E-state index in [-0.39, 0.29) is 0 Å². The molecule has 0 fully saturated rings. The molecule has 0 amide bonds. The Hall–Kier alpha value is -0.0400. The fourth-order valence-electron chi connectivity index (χ4n) is 4.81. The lowest BCUT2D eigenvalue weighted by atomic mass is 9.91. The van der Waals surface area contributed by atoms with Gasteiger partial charge in [0.25, 0.3) is 0 Å². The summed E-state index contributed by atoms with van der Waals surface area (Å²) in [6.07, 6.45) is 35.2. The van der Waals surface area contributed by atoms with Gasteiger partial charge >= 0.3 is 0 Å². The third kappa shape index (κ3) is 24.2. The maximum Gasteiger partial charge on any atom is 0.0433 e. The van der Waals surface area contributed by atoms with Crippen molar-refractivity contribution in [1.82, 2.24) is 0 Å². The summed E-state index contributed by atoms with van der Waals surface area (Å²) in [4.78, 5) is 0. The molecule has 30 heavy (non-hydrogen) atoms. The van der Waals surface area contributed by atoms with Crippen LogP contribution in [-0.4, -0.2) is 11.7 Å². The monoisotopic (exact) mass is 424 g/mol. The molecule has 1 nitrogen and oxygen atoms in total. The van der Waals surface area contributed by atoms with Crippen LogP contribution < -0.4 is 0 Å². The number of unbranched alkanes of at least 4 members (excludes halogenated alkanes) is 20. The highest BCUT2D eigenvalue weighted by Crippen LogP contribution is 2.22. The SMILES string of the molecule is CCCCCCCCCCCCCC(CCO)CCCCCCCCCCCCC. The minimum Gasteiger partial charge on any atom is -0.396 e. The third-order valence-corrected chi connectivity index (χ3v) is 6.97. The van der Waals surface area contributed by atoms with E-state index in [0.29, 0.717) is 6.61 Å². The molecular formula is C29H60O. The van der Waals surface area contributed by atoms with Gasteiger partial charge in [0.2, 0.25) is 0 Å². The summed E-state index contributed by atoms with van der Waals surface area (Å²) in [6.45, 7) is 4.98. The molecular weight excluding hydrogens is 364 g/mol. The Morgan fingerprint density at radius 1 is 0.367 bits per heavy atom. The molecule has 0 rings (SSSR count). The normalized spacial score (nSPS) is 11.6. The lowest BCUT2D eigenvalue weighted by Crippen LogP contribution is -2.03. The first-order chi connectivity index (χ1) is 14.8. The zero-order valence-electron chi connectivity index (χ0n) is 21.4. The van der Waals surface area contributed by atoms with E-state index in [0.717, 1.165) is 12.3 Å². The van der Waals surface area contributed by atoms with Gasteiger partial charge in [-0.05, 0) is 12.3 Å². The fourth-order valence-corrected chi connectivity index (χ4v) is 4.81. The van der Waals surface area contributed by atoms with Gasteiger partial charge in [-0.25, -0.2) is 0 Å². The maximum atomic E-state index is 9.39. The van der Waals surface area contributed by atoms with E-state index < -0.39 is 0 Å². The highest BCUT2D eigenvalue weighted by Gasteiger charge is 2.08. The molecule has 0 unspecified atom stereocenters. The van der Waals surface area contributed by atoms with E-state index >= 15 is 0 Å². The molecule has 1 heteroatoms. The Kier molecular flexibility index (Phi) is 27.0. The molecule has 0 saturated carbocycles. The number of hydrogen-bond donors (Lipinski definition) is 1. The molecule has 0 heterocycles. The van der Waals surface area contributed by atoms with Crippen molar-refractivity contribution in [2.24, 2.45) is 5.92 Å². The maximum absolute atomic E-state index is 9.39. The molecule has 0 spiro atoms. The largest absolute Gasteiger partial charge is 0.396 e. The van der Waals surface area contributed by atoms with E-state index in [4.69, 9.17) is 0 Å². The van der Waals surface area contributed by atoms with Crippen LogP contribution in [0.3, 0.4) is 0 Å². The van der Waals surface area contributed by atoms with Crippen molar-refractivity contribution in [3.05, 3.63) is 0 Å². The van der Waals surface area contributed by atoms with E-state index in [1.165, 1.54) is 154 Å². The van der Waals surface area contributed by atoms with Crippen LogP contribution in [-0.2, 0) is 0 Å². The van der Waals surface area contributed by atoms with Crippen LogP contribution in [0.5, 0.6) is 0 Å². The standard InChI is InChI=1S/C29H60O/c1-3-5-7-9-11-13-15-17-19-21-23-25-29(27-28-30)26-24-22-20-18-16-14-12-10-8-6-4-2/h29-30H,3-28H2,1-2H3. The first-order valence-corrected chi connectivity index (χ1v) is 14.5. The van der Waals surface area contributed by atoms with Gasteiger partial charge in [-0.1, -0.05) is 168 Å². The average Bonchev–Trinajstić information content (AvgIpc) is 2.75. The summed E-state index contributed by atoms with van der Waals surface area (Å²) in [5.41, 5.74) is 0. The number of rotatable bonds is 26. The predicted octanol–water partition coefficient (Wildman–Crippen LogP) is 10.4. The van der Waals surface area contributed by atoms with Gasteiger partial charge in [-0.2, -0.15) is 0 Å². The first kappa shape index (κ1) is 30.0. The molecule has 0 bridgehead atoms. The highest BCUT2D eigenvalue weighted by atomic mass is 16.3. The van der Waals surface area contributed by atoms with Crippen LogP contribution in [0.4, 0.5) is 0 Å². The second-order valence-electron chi connectivity index (χ2n) is 10.0. The van der Waals surface area contributed by atoms with Crippen molar-refractivity contribution in [1.29, 1.82) is 0 Å². The van der Waals surface area contributed by atoms with Crippen molar-refractivity contribution in [3.8, 4) is 0 Å². The van der Waals surface area contributed by atoms with Crippen LogP contribution in [0.2, 0.25) is 0 Å². The van der Waals surface area contributed by atoms with E-state index in [1.807, 2.05) is 0 Å². The molecule has 1 N–H and O–H groups in total. The van der Waals surface area contributed by atoms with Gasteiger partial charge in [0.05, 0.1) is 0 Å². The smallest absolute Gasteiger partial charge is 0.0433 e. The number of aliphatic hydroxyl groups is 1. The molecule has 0 saturated heterocycles. The lowest BCUT2D eigenvalue weighted by molar-refractivity contribution is 0.241. The Morgan fingerprint density at radius 2 is 0.633 bits per heavy atom. The molecule has 0 radical (unpaired) electrons. The van der Waals surface area contributed by atoms with Gasteiger partial charge in [-0.3, -0.25) is 0 Å². The Bertz CT molecular complexity index is 262. The molecule has 0 aliphatic rings. The zero-order valence-corrected chi connectivity index (χ0v) is 21.4. The number of hydrogen-bond acceptors (Lipinski definition) is 1. The summed E-state index contributed by atoms with van der Waals surface area (Å²) in [5.74, 6) is 0.784.